The average molecular weight is 552 g/mol. The monoisotopic (exact) mass is 551 g/mol. The first-order valence-corrected chi connectivity index (χ1v) is 12.6. The van der Waals surface area contributed by atoms with Crippen LogP contribution in [0.5, 0.6) is 5.75 Å². The van der Waals surface area contributed by atoms with Gasteiger partial charge in [0.2, 0.25) is 10.0 Å². The predicted molar refractivity (Wildman–Crippen MR) is 127 cm³/mol. The molecule has 1 aromatic heterocycles. The Kier molecular flexibility index (Phi) is 7.42. The van der Waals surface area contributed by atoms with Gasteiger partial charge < -0.3 is 9.84 Å². The van der Waals surface area contributed by atoms with Crippen LogP contribution in [0.1, 0.15) is 15.9 Å². The quantitative estimate of drug-likeness (QED) is 0.225. The standard InChI is InChI=1S/C23H16F3N3O6S2/c24-15-9-17-21(20(26)19(15)25)29-23(36-17)28-18(31)11-35-22(32)14-8-13(6-7-16(14)30)37(33,34)27-10-12-4-2-1-3-5-12/h1-9,27,30H,10-11H2,(H,28,29,31). The Morgan fingerprint density at radius 3 is 2.49 bits per heavy atom. The first kappa shape index (κ1) is 26.1. The Morgan fingerprint density at radius 1 is 1.03 bits per heavy atom. The summed E-state index contributed by atoms with van der Waals surface area (Å²) in [6, 6.07) is 12.4. The molecule has 0 saturated heterocycles. The van der Waals surface area contributed by atoms with E-state index in [-0.39, 0.29) is 21.3 Å². The molecule has 0 saturated carbocycles. The number of benzene rings is 3. The number of carbonyl (C=O) groups excluding carboxylic acids is 2. The summed E-state index contributed by atoms with van der Waals surface area (Å²) in [5, 5.41) is 12.0. The zero-order chi connectivity index (χ0) is 26.7. The molecule has 0 fully saturated rings. The molecular weight excluding hydrogens is 535 g/mol. The van der Waals surface area contributed by atoms with Crippen molar-refractivity contribution in [3.8, 4) is 5.75 Å². The number of nitrogens with zero attached hydrogens (tertiary/aromatic N) is 1. The second-order valence-electron chi connectivity index (χ2n) is 7.47. The molecule has 0 aliphatic carbocycles. The number of fused-ring (bicyclic) bond motifs is 1. The SMILES string of the molecule is O=C(COC(=O)c1cc(S(=O)(=O)NCc2ccccc2)ccc1O)Nc1nc2c(F)c(F)c(F)cc2s1. The van der Waals surface area contributed by atoms with Crippen LogP contribution in [0.25, 0.3) is 10.2 Å². The number of hydrogen-bond donors (Lipinski definition) is 3. The molecule has 1 amide bonds. The number of rotatable bonds is 8. The third-order valence-corrected chi connectivity index (χ3v) is 7.23. The van der Waals surface area contributed by atoms with Gasteiger partial charge in [0.15, 0.2) is 29.2 Å². The van der Waals surface area contributed by atoms with Crippen molar-refractivity contribution in [3.63, 3.8) is 0 Å². The minimum atomic E-state index is -4.06. The Morgan fingerprint density at radius 2 is 1.76 bits per heavy atom. The van der Waals surface area contributed by atoms with Crippen LogP contribution in [-0.4, -0.2) is 37.0 Å². The summed E-state index contributed by atoms with van der Waals surface area (Å²) in [6.45, 7) is -0.901. The van der Waals surface area contributed by atoms with Crippen LogP contribution >= 0.6 is 11.3 Å². The average Bonchev–Trinajstić information content (AvgIpc) is 3.27. The lowest BCUT2D eigenvalue weighted by Gasteiger charge is -2.10. The van der Waals surface area contributed by atoms with Crippen molar-refractivity contribution in [1.82, 2.24) is 9.71 Å². The summed E-state index contributed by atoms with van der Waals surface area (Å²) in [7, 11) is -4.06. The molecule has 4 aromatic rings. The number of aromatic hydroxyl groups is 1. The van der Waals surface area contributed by atoms with Crippen LogP contribution < -0.4 is 10.0 Å². The van der Waals surface area contributed by atoms with Gasteiger partial charge in [0.1, 0.15) is 16.8 Å². The Labute approximate surface area is 211 Å². The minimum Gasteiger partial charge on any atom is -0.507 e. The van der Waals surface area contributed by atoms with Gasteiger partial charge in [-0.15, -0.1) is 0 Å². The molecule has 3 aromatic carbocycles. The van der Waals surface area contributed by atoms with E-state index in [1.807, 2.05) is 0 Å². The molecule has 192 valence electrons. The van der Waals surface area contributed by atoms with Crippen molar-refractivity contribution in [2.45, 2.75) is 11.4 Å². The van der Waals surface area contributed by atoms with Crippen LogP contribution in [0.4, 0.5) is 18.3 Å². The number of phenols is 1. The number of phenolic OH excluding ortho intramolecular Hbond substituents is 1. The van der Waals surface area contributed by atoms with Gasteiger partial charge >= 0.3 is 5.97 Å². The molecule has 0 unspecified atom stereocenters. The number of hydrogen-bond acceptors (Lipinski definition) is 8. The number of anilines is 1. The van der Waals surface area contributed by atoms with E-state index < -0.39 is 62.8 Å². The lowest BCUT2D eigenvalue weighted by atomic mass is 10.2. The molecule has 0 bridgehead atoms. The second-order valence-corrected chi connectivity index (χ2v) is 10.3. The number of nitrogens with one attached hydrogen (secondary N) is 2. The molecular formula is C23H16F3N3O6S2. The van der Waals surface area contributed by atoms with Crippen LogP contribution in [0, 0.1) is 17.5 Å². The van der Waals surface area contributed by atoms with Gasteiger partial charge in [-0.3, -0.25) is 10.1 Å². The highest BCUT2D eigenvalue weighted by Gasteiger charge is 2.22. The minimum absolute atomic E-state index is 0.0149. The zero-order valence-electron chi connectivity index (χ0n) is 18.5. The van der Waals surface area contributed by atoms with E-state index in [1.54, 1.807) is 30.3 Å². The fraction of sp³-hybridized carbons (Fsp3) is 0.0870. The van der Waals surface area contributed by atoms with Crippen molar-refractivity contribution in [3.05, 3.63) is 83.2 Å². The summed E-state index contributed by atoms with van der Waals surface area (Å²) < 4.78 is 72.9. The van der Waals surface area contributed by atoms with Crippen LogP contribution in [0.3, 0.4) is 0 Å². The van der Waals surface area contributed by atoms with E-state index in [0.717, 1.165) is 24.3 Å². The van der Waals surface area contributed by atoms with Gasteiger partial charge in [0.05, 0.1) is 9.60 Å². The number of ether oxygens (including phenoxy) is 1. The zero-order valence-corrected chi connectivity index (χ0v) is 20.1. The normalized spacial score (nSPS) is 11.4. The molecule has 9 nitrogen and oxygen atoms in total. The maximum absolute atomic E-state index is 13.8. The van der Waals surface area contributed by atoms with E-state index in [9.17, 15) is 36.3 Å². The summed E-state index contributed by atoms with van der Waals surface area (Å²) in [6.07, 6.45) is 0. The summed E-state index contributed by atoms with van der Waals surface area (Å²) in [5.41, 5.74) is -0.301. The van der Waals surface area contributed by atoms with Crippen LogP contribution in [-0.2, 0) is 26.1 Å². The fourth-order valence-electron chi connectivity index (χ4n) is 3.10. The number of thiazole rings is 1. The fourth-order valence-corrected chi connectivity index (χ4v) is 5.04. The largest absolute Gasteiger partial charge is 0.507 e. The number of carbonyl (C=O) groups is 2. The number of halogens is 3. The van der Waals surface area contributed by atoms with E-state index in [0.29, 0.717) is 16.9 Å². The van der Waals surface area contributed by atoms with Gasteiger partial charge in [-0.25, -0.2) is 36.1 Å². The van der Waals surface area contributed by atoms with Crippen molar-refractivity contribution in [2.75, 3.05) is 11.9 Å². The van der Waals surface area contributed by atoms with Crippen molar-refractivity contribution in [2.24, 2.45) is 0 Å². The van der Waals surface area contributed by atoms with Gasteiger partial charge in [0.25, 0.3) is 5.91 Å². The molecule has 3 N–H and O–H groups in total. The van der Waals surface area contributed by atoms with Crippen molar-refractivity contribution < 1.29 is 41.0 Å². The molecule has 0 spiro atoms. The Balaban J connectivity index is 1.41. The highest BCUT2D eigenvalue weighted by Crippen LogP contribution is 2.30. The Hall–Kier alpha value is -4.01. The predicted octanol–water partition coefficient (Wildman–Crippen LogP) is 3.69. The molecule has 14 heteroatoms. The third-order valence-electron chi connectivity index (χ3n) is 4.91. The van der Waals surface area contributed by atoms with Gasteiger partial charge in [-0.05, 0) is 29.8 Å². The van der Waals surface area contributed by atoms with Crippen molar-refractivity contribution in [1.29, 1.82) is 0 Å². The summed E-state index contributed by atoms with van der Waals surface area (Å²) in [4.78, 5) is 27.9. The van der Waals surface area contributed by atoms with E-state index in [4.69, 9.17) is 4.74 Å². The first-order valence-electron chi connectivity index (χ1n) is 10.3. The summed E-state index contributed by atoms with van der Waals surface area (Å²) in [5.74, 6) is -7.35. The first-order chi connectivity index (χ1) is 17.5. The number of sulfonamides is 1. The maximum Gasteiger partial charge on any atom is 0.342 e. The molecule has 37 heavy (non-hydrogen) atoms. The summed E-state index contributed by atoms with van der Waals surface area (Å²) >= 11 is 0.660. The van der Waals surface area contributed by atoms with Gasteiger partial charge in [-0.1, -0.05) is 41.7 Å². The molecule has 0 radical (unpaired) electrons. The van der Waals surface area contributed by atoms with E-state index in [2.05, 4.69) is 15.0 Å². The number of amides is 1. The van der Waals surface area contributed by atoms with Crippen LogP contribution in [0.2, 0.25) is 0 Å². The third kappa shape index (κ3) is 5.87. The highest BCUT2D eigenvalue weighted by atomic mass is 32.2. The molecule has 0 aliphatic heterocycles. The molecule has 1 heterocycles. The second kappa shape index (κ2) is 10.5. The van der Waals surface area contributed by atoms with Gasteiger partial charge in [0, 0.05) is 6.54 Å². The molecule has 4 rings (SSSR count). The smallest absolute Gasteiger partial charge is 0.342 e. The lowest BCUT2D eigenvalue weighted by molar-refractivity contribution is -0.119. The topological polar surface area (TPSA) is 135 Å². The van der Waals surface area contributed by atoms with Crippen molar-refractivity contribution >= 4 is 48.6 Å². The van der Waals surface area contributed by atoms with Gasteiger partial charge in [-0.2, -0.15) is 0 Å². The lowest BCUT2D eigenvalue weighted by Crippen LogP contribution is -2.24. The molecule has 0 atom stereocenters. The maximum atomic E-state index is 13.8. The number of esters is 1. The molecule has 0 aliphatic rings. The highest BCUT2D eigenvalue weighted by molar-refractivity contribution is 7.89. The van der Waals surface area contributed by atoms with E-state index in [1.165, 1.54) is 0 Å². The Bertz CT molecular complexity index is 1610. The number of aromatic nitrogens is 1. The van der Waals surface area contributed by atoms with E-state index >= 15 is 0 Å². The van der Waals surface area contributed by atoms with Crippen LogP contribution in [0.15, 0.2) is 59.5 Å².